The van der Waals surface area contributed by atoms with Crippen molar-refractivity contribution in [2.75, 3.05) is 39.4 Å². The molecule has 0 saturated heterocycles. The van der Waals surface area contributed by atoms with Crippen molar-refractivity contribution in [1.82, 2.24) is 4.98 Å². The number of hydrogen-bond acceptors (Lipinski definition) is 7. The zero-order valence-corrected chi connectivity index (χ0v) is 15.1. The zero-order chi connectivity index (χ0) is 18.7. The van der Waals surface area contributed by atoms with Crippen LogP contribution in [0.2, 0.25) is 0 Å². The first-order valence-corrected chi connectivity index (χ1v) is 7.94. The van der Waals surface area contributed by atoms with Crippen molar-refractivity contribution in [3.8, 4) is 39.8 Å². The van der Waals surface area contributed by atoms with Crippen molar-refractivity contribution in [3.05, 3.63) is 36.7 Å². The van der Waals surface area contributed by atoms with Gasteiger partial charge in [0.25, 0.3) is 0 Å². The molecular weight excluding hydrogens is 334 g/mol. The minimum absolute atomic E-state index is 0.521. The Labute approximate surface area is 151 Å². The number of nitrogens with zero attached hydrogens (tertiary/aromatic N) is 1. The smallest absolute Gasteiger partial charge is 0.182 e. The summed E-state index contributed by atoms with van der Waals surface area (Å²) in [6.07, 6.45) is 1.40. The van der Waals surface area contributed by atoms with Crippen molar-refractivity contribution >= 4 is 11.4 Å². The van der Waals surface area contributed by atoms with Crippen LogP contribution in [0.5, 0.6) is 17.2 Å². The molecule has 26 heavy (non-hydrogen) atoms. The number of methoxy groups -OCH3 is 3. The molecule has 3 N–H and O–H groups in total. The van der Waals surface area contributed by atoms with E-state index in [-0.39, 0.29) is 0 Å². The predicted molar refractivity (Wildman–Crippen MR) is 101 cm³/mol. The maximum atomic E-state index is 6.02. The van der Waals surface area contributed by atoms with Gasteiger partial charge in [0.2, 0.25) is 0 Å². The fraction of sp³-hybridized carbons (Fsp3) is 0.211. The van der Waals surface area contributed by atoms with E-state index in [2.05, 4.69) is 10.3 Å². The van der Waals surface area contributed by atoms with Crippen LogP contribution in [-0.4, -0.2) is 33.4 Å². The largest absolute Gasteiger partial charge is 0.495 e. The zero-order valence-electron chi connectivity index (χ0n) is 15.1. The Kier molecular flexibility index (Phi) is 4.88. The number of nitrogens with two attached hydrogens (primary N) is 1. The summed E-state index contributed by atoms with van der Waals surface area (Å²) in [6.45, 7) is 0. The third-order valence-corrected chi connectivity index (χ3v) is 4.09. The minimum Gasteiger partial charge on any atom is -0.495 e. The van der Waals surface area contributed by atoms with Gasteiger partial charge in [-0.15, -0.1) is 0 Å². The van der Waals surface area contributed by atoms with Gasteiger partial charge in [-0.25, -0.2) is 4.98 Å². The first kappa shape index (κ1) is 17.5. The van der Waals surface area contributed by atoms with Crippen LogP contribution in [0.25, 0.3) is 22.6 Å². The molecule has 2 aromatic carbocycles. The summed E-state index contributed by atoms with van der Waals surface area (Å²) in [5, 5.41) is 3.08. The number of hydrogen-bond donors (Lipinski definition) is 2. The summed E-state index contributed by atoms with van der Waals surface area (Å²) < 4.78 is 21.8. The Bertz CT molecular complexity index is 896. The first-order chi connectivity index (χ1) is 12.6. The van der Waals surface area contributed by atoms with Gasteiger partial charge in [0.1, 0.15) is 28.6 Å². The fourth-order valence-electron chi connectivity index (χ4n) is 2.83. The summed E-state index contributed by atoms with van der Waals surface area (Å²) in [5.74, 6) is 2.49. The lowest BCUT2D eigenvalue weighted by Crippen LogP contribution is -1.98. The maximum absolute atomic E-state index is 6.02. The lowest BCUT2D eigenvalue weighted by Gasteiger charge is -2.14. The molecule has 0 fully saturated rings. The van der Waals surface area contributed by atoms with Gasteiger partial charge in [0, 0.05) is 18.2 Å². The number of aromatic nitrogens is 1. The second-order valence-corrected chi connectivity index (χ2v) is 5.49. The molecule has 0 unspecified atom stereocenters. The van der Waals surface area contributed by atoms with E-state index < -0.39 is 0 Å². The van der Waals surface area contributed by atoms with Crippen LogP contribution in [0.3, 0.4) is 0 Å². The van der Waals surface area contributed by atoms with E-state index in [1.54, 1.807) is 33.5 Å². The van der Waals surface area contributed by atoms with Crippen LogP contribution < -0.4 is 25.3 Å². The lowest BCUT2D eigenvalue weighted by atomic mass is 10.0. The van der Waals surface area contributed by atoms with Gasteiger partial charge in [-0.1, -0.05) is 0 Å². The highest BCUT2D eigenvalue weighted by molar-refractivity contribution is 5.83. The molecule has 3 aromatic rings. The molecule has 0 spiro atoms. The molecule has 3 rings (SSSR count). The Hall–Kier alpha value is -3.35. The molecule has 1 aromatic heterocycles. The molecule has 0 aliphatic rings. The Morgan fingerprint density at radius 2 is 1.58 bits per heavy atom. The third kappa shape index (κ3) is 2.99. The van der Waals surface area contributed by atoms with Crippen LogP contribution in [-0.2, 0) is 0 Å². The standard InChI is InChI=1S/C19H21N3O4/c1-21-18-15(24-3)8-12(9-16(18)25-4)17-19(26-10-22-17)11-5-6-14(23-2)13(20)7-11/h5-10,21H,20H2,1-4H3. The molecular formula is C19H21N3O4. The highest BCUT2D eigenvalue weighted by Gasteiger charge is 2.18. The number of oxazole rings is 1. The van der Waals surface area contributed by atoms with Gasteiger partial charge in [-0.2, -0.15) is 0 Å². The average molecular weight is 355 g/mol. The van der Waals surface area contributed by atoms with E-state index in [1.165, 1.54) is 6.39 Å². The quantitative estimate of drug-likeness (QED) is 0.652. The van der Waals surface area contributed by atoms with Crippen molar-refractivity contribution in [3.63, 3.8) is 0 Å². The predicted octanol–water partition coefficient (Wildman–Crippen LogP) is 3.66. The normalized spacial score (nSPS) is 10.5. The van der Waals surface area contributed by atoms with E-state index in [9.17, 15) is 0 Å². The molecule has 7 heteroatoms. The molecule has 7 nitrogen and oxygen atoms in total. The number of benzene rings is 2. The molecule has 0 radical (unpaired) electrons. The van der Waals surface area contributed by atoms with Crippen LogP contribution >= 0.6 is 0 Å². The monoisotopic (exact) mass is 355 g/mol. The molecule has 0 bridgehead atoms. The molecule has 0 amide bonds. The van der Waals surface area contributed by atoms with Crippen molar-refractivity contribution in [1.29, 1.82) is 0 Å². The molecule has 0 aliphatic heterocycles. The summed E-state index contributed by atoms with van der Waals surface area (Å²) in [7, 11) is 6.59. The molecule has 1 heterocycles. The molecule has 0 atom stereocenters. The van der Waals surface area contributed by atoms with Crippen LogP contribution in [0.15, 0.2) is 41.1 Å². The van der Waals surface area contributed by atoms with E-state index >= 15 is 0 Å². The topological polar surface area (TPSA) is 91.8 Å². The highest BCUT2D eigenvalue weighted by atomic mass is 16.5. The van der Waals surface area contributed by atoms with Gasteiger partial charge in [0.05, 0.1) is 27.0 Å². The third-order valence-electron chi connectivity index (χ3n) is 4.09. The number of nitrogens with one attached hydrogen (secondary N) is 1. The Balaban J connectivity index is 2.13. The molecule has 136 valence electrons. The number of nitrogen functional groups attached to an aromatic ring is 1. The number of ether oxygens (including phenoxy) is 3. The van der Waals surface area contributed by atoms with Gasteiger partial charge < -0.3 is 29.7 Å². The second kappa shape index (κ2) is 7.26. The van der Waals surface area contributed by atoms with E-state index in [4.69, 9.17) is 24.4 Å². The van der Waals surface area contributed by atoms with E-state index in [0.717, 1.165) is 16.8 Å². The summed E-state index contributed by atoms with van der Waals surface area (Å²) in [4.78, 5) is 4.37. The van der Waals surface area contributed by atoms with Crippen LogP contribution in [0, 0.1) is 0 Å². The second-order valence-electron chi connectivity index (χ2n) is 5.49. The Morgan fingerprint density at radius 1 is 0.923 bits per heavy atom. The highest BCUT2D eigenvalue weighted by Crippen LogP contribution is 2.41. The van der Waals surface area contributed by atoms with Crippen LogP contribution in [0.4, 0.5) is 11.4 Å². The minimum atomic E-state index is 0.521. The van der Waals surface area contributed by atoms with Gasteiger partial charge in [-0.3, -0.25) is 0 Å². The molecule has 0 saturated carbocycles. The number of rotatable bonds is 6. The van der Waals surface area contributed by atoms with Crippen molar-refractivity contribution < 1.29 is 18.6 Å². The lowest BCUT2D eigenvalue weighted by molar-refractivity contribution is 0.398. The fourth-order valence-corrected chi connectivity index (χ4v) is 2.83. The SMILES string of the molecule is CNc1c(OC)cc(-c2ncoc2-c2ccc(OC)c(N)c2)cc1OC. The maximum Gasteiger partial charge on any atom is 0.182 e. The first-order valence-electron chi connectivity index (χ1n) is 7.94. The van der Waals surface area contributed by atoms with Gasteiger partial charge in [0.15, 0.2) is 12.2 Å². The number of anilines is 2. The summed E-state index contributed by atoms with van der Waals surface area (Å²) >= 11 is 0. The van der Waals surface area contributed by atoms with Crippen molar-refractivity contribution in [2.45, 2.75) is 0 Å². The van der Waals surface area contributed by atoms with E-state index in [1.807, 2.05) is 25.2 Å². The van der Waals surface area contributed by atoms with Gasteiger partial charge in [-0.05, 0) is 30.3 Å². The summed E-state index contributed by atoms with van der Waals surface area (Å²) in [5.41, 5.74) is 9.56. The van der Waals surface area contributed by atoms with Crippen LogP contribution in [0.1, 0.15) is 0 Å². The Morgan fingerprint density at radius 3 is 2.12 bits per heavy atom. The van der Waals surface area contributed by atoms with E-state index in [0.29, 0.717) is 34.4 Å². The van der Waals surface area contributed by atoms with Crippen molar-refractivity contribution in [2.24, 2.45) is 0 Å². The molecule has 0 aliphatic carbocycles. The summed E-state index contributed by atoms with van der Waals surface area (Å²) in [6, 6.07) is 9.21. The van der Waals surface area contributed by atoms with Gasteiger partial charge >= 0.3 is 0 Å². The average Bonchev–Trinajstić information content (AvgIpc) is 3.16.